The maximum absolute atomic E-state index is 9.38. The van der Waals surface area contributed by atoms with Gasteiger partial charge in [0.1, 0.15) is 0 Å². The normalized spacial score (nSPS) is 44.1. The molecule has 0 aromatic heterocycles. The van der Waals surface area contributed by atoms with E-state index in [9.17, 15) is 5.11 Å². The van der Waals surface area contributed by atoms with Crippen molar-refractivity contribution in [2.24, 2.45) is 5.73 Å². The van der Waals surface area contributed by atoms with Crippen LogP contribution in [0.25, 0.3) is 0 Å². The molecule has 3 nitrogen and oxygen atoms in total. The molecule has 14 heavy (non-hydrogen) atoms. The van der Waals surface area contributed by atoms with Gasteiger partial charge in [0.05, 0.1) is 6.10 Å². The van der Waals surface area contributed by atoms with Crippen LogP contribution in [0.1, 0.15) is 44.9 Å². The number of aliphatic hydroxyl groups excluding tert-OH is 1. The summed E-state index contributed by atoms with van der Waals surface area (Å²) in [6.45, 7) is 0. The average molecular weight is 198 g/mol. The summed E-state index contributed by atoms with van der Waals surface area (Å²) in [5.41, 5.74) is 5.87. The Morgan fingerprint density at radius 3 is 2.14 bits per heavy atom. The van der Waals surface area contributed by atoms with Crippen LogP contribution in [0.5, 0.6) is 0 Å². The van der Waals surface area contributed by atoms with E-state index in [0.29, 0.717) is 18.1 Å². The number of nitrogens with two attached hydrogens (primary N) is 1. The van der Waals surface area contributed by atoms with Gasteiger partial charge >= 0.3 is 0 Å². The van der Waals surface area contributed by atoms with Crippen LogP contribution in [0, 0.1) is 0 Å². The minimum atomic E-state index is -0.0427. The van der Waals surface area contributed by atoms with Gasteiger partial charge in [0.2, 0.25) is 0 Å². The lowest BCUT2D eigenvalue weighted by molar-refractivity contribution is 0.114. The molecule has 0 amide bonds. The van der Waals surface area contributed by atoms with Gasteiger partial charge in [0.25, 0.3) is 0 Å². The van der Waals surface area contributed by atoms with Crippen LogP contribution in [-0.2, 0) is 0 Å². The van der Waals surface area contributed by atoms with Crippen molar-refractivity contribution in [3.05, 3.63) is 0 Å². The van der Waals surface area contributed by atoms with E-state index in [1.807, 2.05) is 0 Å². The molecule has 2 saturated carbocycles. The van der Waals surface area contributed by atoms with Crippen molar-refractivity contribution in [2.75, 3.05) is 0 Å². The van der Waals surface area contributed by atoms with Gasteiger partial charge in [0, 0.05) is 18.1 Å². The van der Waals surface area contributed by atoms with E-state index in [-0.39, 0.29) is 6.10 Å². The van der Waals surface area contributed by atoms with E-state index in [4.69, 9.17) is 5.73 Å². The van der Waals surface area contributed by atoms with Crippen LogP contribution in [0.4, 0.5) is 0 Å². The molecule has 0 bridgehead atoms. The Labute approximate surface area is 86.1 Å². The van der Waals surface area contributed by atoms with E-state index < -0.39 is 0 Å². The first-order chi connectivity index (χ1) is 6.74. The van der Waals surface area contributed by atoms with Crippen molar-refractivity contribution in [1.29, 1.82) is 0 Å². The maximum atomic E-state index is 9.38. The van der Waals surface area contributed by atoms with Crippen molar-refractivity contribution in [2.45, 2.75) is 69.2 Å². The highest BCUT2D eigenvalue weighted by Crippen LogP contribution is 2.23. The van der Waals surface area contributed by atoms with Gasteiger partial charge in [-0.2, -0.15) is 0 Å². The fraction of sp³-hybridized carbons (Fsp3) is 1.00. The number of nitrogens with one attached hydrogen (secondary N) is 1. The monoisotopic (exact) mass is 198 g/mol. The predicted octanol–water partition coefficient (Wildman–Crippen LogP) is 0.759. The fourth-order valence-corrected chi connectivity index (χ4v) is 2.74. The van der Waals surface area contributed by atoms with Crippen molar-refractivity contribution in [3.63, 3.8) is 0 Å². The third-order valence-electron chi connectivity index (χ3n) is 3.64. The highest BCUT2D eigenvalue weighted by Gasteiger charge is 2.26. The Hall–Kier alpha value is -0.120. The Morgan fingerprint density at radius 2 is 1.57 bits per heavy atom. The molecule has 0 radical (unpaired) electrons. The minimum Gasteiger partial charge on any atom is -0.393 e. The molecule has 0 saturated heterocycles. The second kappa shape index (κ2) is 4.60. The number of hydrogen-bond acceptors (Lipinski definition) is 3. The largest absolute Gasteiger partial charge is 0.393 e. The molecular formula is C11H22N2O. The molecule has 2 aliphatic rings. The van der Waals surface area contributed by atoms with E-state index in [2.05, 4.69) is 5.32 Å². The molecule has 2 atom stereocenters. The quantitative estimate of drug-likeness (QED) is 0.614. The van der Waals surface area contributed by atoms with Crippen molar-refractivity contribution in [1.82, 2.24) is 5.32 Å². The standard InChI is InChI=1S/C11H22N2O/c12-8-1-2-10(7-8)13-9-3-5-11(14)6-4-9/h8-11,13-14H,1-7,12H2. The molecule has 0 heterocycles. The summed E-state index contributed by atoms with van der Waals surface area (Å²) < 4.78 is 0. The molecule has 2 unspecified atom stereocenters. The zero-order valence-electron chi connectivity index (χ0n) is 8.78. The van der Waals surface area contributed by atoms with Gasteiger partial charge in [-0.05, 0) is 44.9 Å². The van der Waals surface area contributed by atoms with Gasteiger partial charge in [-0.15, -0.1) is 0 Å². The van der Waals surface area contributed by atoms with Crippen molar-refractivity contribution < 1.29 is 5.11 Å². The molecule has 82 valence electrons. The third kappa shape index (κ3) is 2.69. The lowest BCUT2D eigenvalue weighted by Crippen LogP contribution is -2.40. The highest BCUT2D eigenvalue weighted by atomic mass is 16.3. The molecular weight excluding hydrogens is 176 g/mol. The zero-order chi connectivity index (χ0) is 9.97. The van der Waals surface area contributed by atoms with Gasteiger partial charge < -0.3 is 16.2 Å². The predicted molar refractivity (Wildman–Crippen MR) is 57.0 cm³/mol. The summed E-state index contributed by atoms with van der Waals surface area (Å²) in [6.07, 6.45) is 7.71. The minimum absolute atomic E-state index is 0.0427. The number of aliphatic hydroxyl groups is 1. The molecule has 0 aromatic rings. The molecule has 3 heteroatoms. The SMILES string of the molecule is NC1CCC(NC2CCC(O)CC2)C1. The maximum Gasteiger partial charge on any atom is 0.0541 e. The first-order valence-electron chi connectivity index (χ1n) is 5.93. The van der Waals surface area contributed by atoms with E-state index in [1.54, 1.807) is 0 Å². The van der Waals surface area contributed by atoms with Crippen LogP contribution >= 0.6 is 0 Å². The van der Waals surface area contributed by atoms with E-state index >= 15 is 0 Å². The van der Waals surface area contributed by atoms with Crippen LogP contribution in [0.3, 0.4) is 0 Å². The van der Waals surface area contributed by atoms with Gasteiger partial charge in [-0.25, -0.2) is 0 Å². The fourth-order valence-electron chi connectivity index (χ4n) is 2.74. The Balaban J connectivity index is 1.70. The summed E-state index contributed by atoms with van der Waals surface area (Å²) in [7, 11) is 0. The molecule has 2 aliphatic carbocycles. The Bertz CT molecular complexity index is 178. The summed E-state index contributed by atoms with van der Waals surface area (Å²) in [6, 6.07) is 1.70. The number of hydrogen-bond donors (Lipinski definition) is 3. The second-order valence-corrected chi connectivity index (χ2v) is 4.94. The third-order valence-corrected chi connectivity index (χ3v) is 3.64. The molecule has 2 fully saturated rings. The highest BCUT2D eigenvalue weighted by molar-refractivity contribution is 4.87. The van der Waals surface area contributed by atoms with Crippen LogP contribution < -0.4 is 11.1 Å². The smallest absolute Gasteiger partial charge is 0.0541 e. The van der Waals surface area contributed by atoms with Crippen LogP contribution in [-0.4, -0.2) is 29.3 Å². The molecule has 0 aromatic carbocycles. The lowest BCUT2D eigenvalue weighted by atomic mass is 9.92. The molecule has 2 rings (SSSR count). The second-order valence-electron chi connectivity index (χ2n) is 4.94. The summed E-state index contributed by atoms with van der Waals surface area (Å²) in [4.78, 5) is 0. The van der Waals surface area contributed by atoms with Gasteiger partial charge in [-0.3, -0.25) is 0 Å². The topological polar surface area (TPSA) is 58.3 Å². The van der Waals surface area contributed by atoms with E-state index in [0.717, 1.165) is 32.1 Å². The lowest BCUT2D eigenvalue weighted by Gasteiger charge is -2.28. The van der Waals surface area contributed by atoms with Crippen LogP contribution in [0.15, 0.2) is 0 Å². The first kappa shape index (κ1) is 10.4. The van der Waals surface area contributed by atoms with Crippen molar-refractivity contribution >= 4 is 0 Å². The molecule has 4 N–H and O–H groups in total. The Morgan fingerprint density at radius 1 is 0.929 bits per heavy atom. The van der Waals surface area contributed by atoms with Crippen molar-refractivity contribution in [3.8, 4) is 0 Å². The van der Waals surface area contributed by atoms with Crippen LogP contribution in [0.2, 0.25) is 0 Å². The summed E-state index contributed by atoms with van der Waals surface area (Å²) >= 11 is 0. The summed E-state index contributed by atoms with van der Waals surface area (Å²) in [5.74, 6) is 0. The summed E-state index contributed by atoms with van der Waals surface area (Å²) in [5, 5.41) is 13.1. The molecule has 0 aliphatic heterocycles. The first-order valence-corrected chi connectivity index (χ1v) is 5.93. The van der Waals surface area contributed by atoms with E-state index in [1.165, 1.54) is 12.8 Å². The number of rotatable bonds is 2. The molecule has 0 spiro atoms. The average Bonchev–Trinajstić information content (AvgIpc) is 2.56. The van der Waals surface area contributed by atoms with Gasteiger partial charge in [-0.1, -0.05) is 0 Å². The zero-order valence-corrected chi connectivity index (χ0v) is 8.78. The Kier molecular flexibility index (Phi) is 3.42. The van der Waals surface area contributed by atoms with Gasteiger partial charge in [0.15, 0.2) is 0 Å².